The number of aromatic nitrogens is 1. The van der Waals surface area contributed by atoms with Crippen LogP contribution in [0.5, 0.6) is 0 Å². The highest BCUT2D eigenvalue weighted by atomic mass is 16.5. The summed E-state index contributed by atoms with van der Waals surface area (Å²) in [7, 11) is 1.61. The van der Waals surface area contributed by atoms with E-state index in [0.717, 1.165) is 12.0 Å². The Hall–Kier alpha value is -2.24. The lowest BCUT2D eigenvalue weighted by atomic mass is 10.1. The Balaban J connectivity index is 1.93. The molecule has 0 aliphatic rings. The molecule has 1 aromatic carbocycles. The highest BCUT2D eigenvalue weighted by Gasteiger charge is 2.14. The van der Waals surface area contributed by atoms with Gasteiger partial charge < -0.3 is 14.4 Å². The summed E-state index contributed by atoms with van der Waals surface area (Å²) in [6.07, 6.45) is 4.30. The first-order valence-electron chi connectivity index (χ1n) is 8.07. The third-order valence-electron chi connectivity index (χ3n) is 3.65. The Morgan fingerprint density at radius 2 is 1.79 bits per heavy atom. The van der Waals surface area contributed by atoms with E-state index in [9.17, 15) is 4.79 Å². The molecule has 0 unspecified atom stereocenters. The second kappa shape index (κ2) is 10.5. The second-order valence-electron chi connectivity index (χ2n) is 5.45. The van der Waals surface area contributed by atoms with Crippen molar-refractivity contribution in [2.24, 2.45) is 0 Å². The van der Waals surface area contributed by atoms with Gasteiger partial charge in [-0.3, -0.25) is 9.78 Å². The van der Waals surface area contributed by atoms with Crippen LogP contribution in [0.25, 0.3) is 0 Å². The summed E-state index contributed by atoms with van der Waals surface area (Å²) in [5.74, 6) is -0.0150. The van der Waals surface area contributed by atoms with Gasteiger partial charge in [0.05, 0.1) is 13.2 Å². The van der Waals surface area contributed by atoms with Crippen LogP contribution in [-0.2, 0) is 27.2 Å². The lowest BCUT2D eigenvalue weighted by Crippen LogP contribution is -2.35. The normalized spacial score (nSPS) is 10.5. The quantitative estimate of drug-likeness (QED) is 0.628. The van der Waals surface area contributed by atoms with Crippen molar-refractivity contribution < 1.29 is 14.3 Å². The number of nitrogens with zero attached hydrogens (tertiary/aromatic N) is 2. The molecule has 0 aliphatic heterocycles. The topological polar surface area (TPSA) is 51.7 Å². The molecule has 1 amide bonds. The van der Waals surface area contributed by atoms with Crippen LogP contribution in [0, 0.1) is 0 Å². The SMILES string of the molecule is COCCOCC(=O)N(CCc1ccccc1)Cc1ccncc1. The highest BCUT2D eigenvalue weighted by molar-refractivity contribution is 5.77. The molecule has 2 rings (SSSR count). The maximum atomic E-state index is 12.5. The van der Waals surface area contributed by atoms with Crippen LogP contribution in [0.2, 0.25) is 0 Å². The van der Waals surface area contributed by atoms with E-state index in [1.807, 2.05) is 35.2 Å². The molecule has 1 heterocycles. The maximum Gasteiger partial charge on any atom is 0.248 e. The van der Waals surface area contributed by atoms with E-state index in [1.165, 1.54) is 5.56 Å². The summed E-state index contributed by atoms with van der Waals surface area (Å²) in [5.41, 5.74) is 2.27. The molecular formula is C19H24N2O3. The van der Waals surface area contributed by atoms with Gasteiger partial charge >= 0.3 is 0 Å². The number of benzene rings is 1. The molecule has 5 heteroatoms. The van der Waals surface area contributed by atoms with E-state index >= 15 is 0 Å². The van der Waals surface area contributed by atoms with Crippen molar-refractivity contribution in [2.45, 2.75) is 13.0 Å². The Bertz CT molecular complexity index is 590. The van der Waals surface area contributed by atoms with Crippen molar-refractivity contribution in [2.75, 3.05) is 33.5 Å². The molecule has 0 fully saturated rings. The number of pyridine rings is 1. The fraction of sp³-hybridized carbons (Fsp3) is 0.368. The third kappa shape index (κ3) is 6.48. The predicted octanol–water partition coefficient (Wildman–Crippen LogP) is 2.32. The number of carbonyl (C=O) groups excluding carboxylic acids is 1. The number of hydrogen-bond donors (Lipinski definition) is 0. The van der Waals surface area contributed by atoms with Gasteiger partial charge in [-0.1, -0.05) is 30.3 Å². The van der Waals surface area contributed by atoms with Crippen molar-refractivity contribution in [3.8, 4) is 0 Å². The number of amides is 1. The minimum atomic E-state index is -0.0150. The van der Waals surface area contributed by atoms with Crippen LogP contribution in [0.4, 0.5) is 0 Å². The highest BCUT2D eigenvalue weighted by Crippen LogP contribution is 2.07. The van der Waals surface area contributed by atoms with E-state index in [-0.39, 0.29) is 12.5 Å². The predicted molar refractivity (Wildman–Crippen MR) is 92.5 cm³/mol. The van der Waals surface area contributed by atoms with E-state index in [2.05, 4.69) is 17.1 Å². The first kappa shape index (κ1) is 18.1. The summed E-state index contributed by atoms with van der Waals surface area (Å²) >= 11 is 0. The van der Waals surface area contributed by atoms with Crippen molar-refractivity contribution in [3.63, 3.8) is 0 Å². The molecule has 0 radical (unpaired) electrons. The van der Waals surface area contributed by atoms with Gasteiger partial charge in [0.2, 0.25) is 5.91 Å². The molecule has 1 aromatic heterocycles. The molecule has 5 nitrogen and oxygen atoms in total. The molecule has 0 saturated heterocycles. The molecule has 0 bridgehead atoms. The zero-order valence-corrected chi connectivity index (χ0v) is 14.1. The first-order chi connectivity index (χ1) is 11.8. The van der Waals surface area contributed by atoms with Crippen LogP contribution in [0.15, 0.2) is 54.9 Å². The summed E-state index contributed by atoms with van der Waals surface area (Å²) < 4.78 is 10.3. The van der Waals surface area contributed by atoms with Gasteiger partial charge in [0.15, 0.2) is 0 Å². The standard InChI is InChI=1S/C19H24N2O3/c1-23-13-14-24-16-19(22)21(15-18-7-10-20-11-8-18)12-9-17-5-3-2-4-6-17/h2-8,10-11H,9,12-16H2,1H3. The smallest absolute Gasteiger partial charge is 0.248 e. The van der Waals surface area contributed by atoms with Crippen molar-refractivity contribution in [3.05, 3.63) is 66.0 Å². The molecule has 24 heavy (non-hydrogen) atoms. The summed E-state index contributed by atoms with van der Waals surface area (Å²) in [5, 5.41) is 0. The Kier molecular flexibility index (Phi) is 7.93. The average molecular weight is 328 g/mol. The zero-order chi connectivity index (χ0) is 17.0. The zero-order valence-electron chi connectivity index (χ0n) is 14.1. The van der Waals surface area contributed by atoms with Crippen LogP contribution < -0.4 is 0 Å². The van der Waals surface area contributed by atoms with Crippen LogP contribution >= 0.6 is 0 Å². The number of rotatable bonds is 10. The van der Waals surface area contributed by atoms with Crippen LogP contribution in [0.1, 0.15) is 11.1 Å². The van der Waals surface area contributed by atoms with Crippen molar-refractivity contribution >= 4 is 5.91 Å². The van der Waals surface area contributed by atoms with E-state index in [4.69, 9.17) is 9.47 Å². The molecule has 0 saturated carbocycles. The fourth-order valence-corrected chi connectivity index (χ4v) is 2.30. The monoisotopic (exact) mass is 328 g/mol. The first-order valence-corrected chi connectivity index (χ1v) is 8.07. The molecule has 0 atom stereocenters. The Morgan fingerprint density at radius 3 is 2.50 bits per heavy atom. The summed E-state index contributed by atoms with van der Waals surface area (Å²) in [6, 6.07) is 14.0. The maximum absolute atomic E-state index is 12.5. The van der Waals surface area contributed by atoms with Gasteiger partial charge in [-0.2, -0.15) is 0 Å². The van der Waals surface area contributed by atoms with E-state index in [1.54, 1.807) is 19.5 Å². The fourth-order valence-electron chi connectivity index (χ4n) is 2.30. The summed E-state index contributed by atoms with van der Waals surface area (Å²) in [6.45, 7) is 2.19. The van der Waals surface area contributed by atoms with Gasteiger partial charge in [-0.15, -0.1) is 0 Å². The minimum Gasteiger partial charge on any atom is -0.382 e. The van der Waals surface area contributed by atoms with E-state index < -0.39 is 0 Å². The summed E-state index contributed by atoms with van der Waals surface area (Å²) in [4.78, 5) is 18.3. The lowest BCUT2D eigenvalue weighted by Gasteiger charge is -2.23. The molecule has 128 valence electrons. The molecular weight excluding hydrogens is 304 g/mol. The average Bonchev–Trinajstić information content (AvgIpc) is 2.64. The number of carbonyl (C=O) groups is 1. The number of hydrogen-bond acceptors (Lipinski definition) is 4. The Labute approximate surface area is 143 Å². The molecule has 2 aromatic rings. The molecule has 0 spiro atoms. The van der Waals surface area contributed by atoms with Crippen LogP contribution in [0.3, 0.4) is 0 Å². The van der Waals surface area contributed by atoms with Gasteiger partial charge in [-0.25, -0.2) is 0 Å². The van der Waals surface area contributed by atoms with Gasteiger partial charge in [0.25, 0.3) is 0 Å². The van der Waals surface area contributed by atoms with Gasteiger partial charge in [0.1, 0.15) is 6.61 Å². The molecule has 0 N–H and O–H groups in total. The minimum absolute atomic E-state index is 0.0150. The third-order valence-corrected chi connectivity index (χ3v) is 3.65. The largest absolute Gasteiger partial charge is 0.382 e. The lowest BCUT2D eigenvalue weighted by molar-refractivity contribution is -0.137. The van der Waals surface area contributed by atoms with Gasteiger partial charge in [0, 0.05) is 32.6 Å². The van der Waals surface area contributed by atoms with Gasteiger partial charge in [-0.05, 0) is 29.7 Å². The van der Waals surface area contributed by atoms with E-state index in [0.29, 0.717) is 26.3 Å². The van der Waals surface area contributed by atoms with Crippen molar-refractivity contribution in [1.29, 1.82) is 0 Å². The number of ether oxygens (including phenoxy) is 2. The van der Waals surface area contributed by atoms with Crippen molar-refractivity contribution in [1.82, 2.24) is 9.88 Å². The van der Waals surface area contributed by atoms with Crippen LogP contribution in [-0.4, -0.2) is 49.3 Å². The Morgan fingerprint density at radius 1 is 1.04 bits per heavy atom. The second-order valence-corrected chi connectivity index (χ2v) is 5.45. The molecule has 0 aliphatic carbocycles. The number of methoxy groups -OCH3 is 1.